The molecule has 10 nitrogen and oxygen atoms in total. The molecular weight excluding hydrogens is 480 g/mol. The van der Waals surface area contributed by atoms with E-state index < -0.39 is 5.60 Å². The number of carbonyl (C=O) groups excluding carboxylic acids is 1. The number of amides is 1. The average molecular weight is 509 g/mol. The van der Waals surface area contributed by atoms with Crippen molar-refractivity contribution < 1.29 is 9.53 Å². The zero-order chi connectivity index (χ0) is 25.4. The normalized spacial score (nSPS) is 17.4. The third kappa shape index (κ3) is 4.87. The van der Waals surface area contributed by atoms with Crippen LogP contribution in [0.2, 0.25) is 5.02 Å². The summed E-state index contributed by atoms with van der Waals surface area (Å²) in [5, 5.41) is 6.77. The predicted octanol–water partition coefficient (Wildman–Crippen LogP) is 3.90. The van der Waals surface area contributed by atoms with Crippen LogP contribution in [-0.2, 0) is 4.79 Å². The largest absolute Gasteiger partial charge is 0.476 e. The van der Waals surface area contributed by atoms with Gasteiger partial charge in [-0.3, -0.25) is 4.79 Å². The van der Waals surface area contributed by atoms with E-state index in [1.165, 1.54) is 6.20 Å². The molecule has 1 saturated heterocycles. The van der Waals surface area contributed by atoms with E-state index in [4.69, 9.17) is 16.3 Å². The summed E-state index contributed by atoms with van der Waals surface area (Å²) in [6.45, 7) is 7.48. The summed E-state index contributed by atoms with van der Waals surface area (Å²) in [6.07, 6.45) is 3.31. The van der Waals surface area contributed by atoms with E-state index in [1.54, 1.807) is 32.0 Å². The third-order valence-electron chi connectivity index (χ3n) is 6.34. The molecule has 36 heavy (non-hydrogen) atoms. The van der Waals surface area contributed by atoms with Gasteiger partial charge in [-0.15, -0.1) is 0 Å². The number of likely N-dealkylation sites (N-methyl/N-ethyl adjacent to an activating group) is 2. The minimum atomic E-state index is -0.912. The number of hydrogen-bond donors (Lipinski definition) is 2. The van der Waals surface area contributed by atoms with Crippen molar-refractivity contribution in [3.8, 4) is 5.75 Å². The topological polar surface area (TPSA) is 98.8 Å². The number of halogens is 1. The molecule has 0 radical (unpaired) electrons. The third-order valence-corrected chi connectivity index (χ3v) is 6.62. The highest BCUT2D eigenvalue weighted by atomic mass is 35.5. The van der Waals surface area contributed by atoms with Gasteiger partial charge in [0, 0.05) is 38.9 Å². The van der Waals surface area contributed by atoms with Gasteiger partial charge in [-0.2, -0.15) is 4.98 Å². The first-order valence-electron chi connectivity index (χ1n) is 11.8. The van der Waals surface area contributed by atoms with Crippen molar-refractivity contribution in [3.63, 3.8) is 0 Å². The molecule has 188 valence electrons. The molecule has 2 aliphatic rings. The highest BCUT2D eigenvalue weighted by Crippen LogP contribution is 2.39. The number of hydrogen-bond acceptors (Lipinski definition) is 9. The molecule has 0 aliphatic carbocycles. The van der Waals surface area contributed by atoms with E-state index in [9.17, 15) is 4.79 Å². The molecule has 3 aromatic rings. The van der Waals surface area contributed by atoms with Crippen LogP contribution in [0.25, 0.3) is 0 Å². The van der Waals surface area contributed by atoms with Gasteiger partial charge in [0.1, 0.15) is 16.6 Å². The van der Waals surface area contributed by atoms with Crippen LogP contribution >= 0.6 is 11.6 Å². The summed E-state index contributed by atoms with van der Waals surface area (Å²) in [6, 6.07) is 9.46. The quantitative estimate of drug-likeness (QED) is 0.531. The molecule has 0 spiro atoms. The lowest BCUT2D eigenvalue weighted by atomic mass is 10.0. The predicted molar refractivity (Wildman–Crippen MR) is 142 cm³/mol. The van der Waals surface area contributed by atoms with E-state index in [2.05, 4.69) is 42.4 Å². The number of ether oxygens (including phenoxy) is 1. The van der Waals surface area contributed by atoms with E-state index >= 15 is 0 Å². The number of benzene rings is 1. The summed E-state index contributed by atoms with van der Waals surface area (Å²) in [4.78, 5) is 32.2. The maximum absolute atomic E-state index is 12.6. The zero-order valence-corrected chi connectivity index (χ0v) is 21.5. The second-order valence-corrected chi connectivity index (χ2v) is 9.90. The Bertz CT molecular complexity index is 1280. The van der Waals surface area contributed by atoms with Crippen LogP contribution in [0.5, 0.6) is 5.75 Å². The van der Waals surface area contributed by atoms with E-state index in [-0.39, 0.29) is 5.91 Å². The highest BCUT2D eigenvalue weighted by molar-refractivity contribution is 6.32. The van der Waals surface area contributed by atoms with E-state index in [1.807, 2.05) is 30.3 Å². The van der Waals surface area contributed by atoms with Crippen LogP contribution < -0.4 is 25.2 Å². The molecule has 0 saturated carbocycles. The molecule has 2 N–H and O–H groups in total. The number of pyridine rings is 1. The van der Waals surface area contributed by atoms with Crippen LogP contribution in [0.15, 0.2) is 42.7 Å². The smallest absolute Gasteiger partial charge is 0.270 e. The molecule has 0 atom stereocenters. The van der Waals surface area contributed by atoms with Crippen molar-refractivity contribution in [1.29, 1.82) is 0 Å². The van der Waals surface area contributed by atoms with E-state index in [0.29, 0.717) is 33.9 Å². The van der Waals surface area contributed by atoms with Gasteiger partial charge in [0.05, 0.1) is 23.8 Å². The standard InChI is InChI=1S/C25H29ClN8O2/c1-25(2)23(35)33(4)19-13-16(5-7-20(19)36-25)29-22-18(26)15-28-24(31-22)30-17-6-8-21(27-14-17)34-11-9-32(3)10-12-34/h5-8,13-15H,9-12H2,1-4H3,(H2,28,29,30,31). The molecular formula is C25H29ClN8O2. The maximum atomic E-state index is 12.6. The Hall–Kier alpha value is -3.63. The fourth-order valence-electron chi connectivity index (χ4n) is 4.24. The number of piperazine rings is 1. The lowest BCUT2D eigenvalue weighted by Gasteiger charge is -2.37. The van der Waals surface area contributed by atoms with Crippen LogP contribution in [0.1, 0.15) is 13.8 Å². The second kappa shape index (κ2) is 9.44. The zero-order valence-electron chi connectivity index (χ0n) is 20.7. The fraction of sp³-hybridized carbons (Fsp3) is 0.360. The van der Waals surface area contributed by atoms with Crippen LogP contribution in [0, 0.1) is 0 Å². The summed E-state index contributed by atoms with van der Waals surface area (Å²) >= 11 is 6.37. The van der Waals surface area contributed by atoms with Crippen LogP contribution in [0.3, 0.4) is 0 Å². The van der Waals surface area contributed by atoms with Crippen molar-refractivity contribution in [3.05, 3.63) is 47.7 Å². The monoisotopic (exact) mass is 508 g/mol. The van der Waals surface area contributed by atoms with Crippen molar-refractivity contribution in [2.75, 3.05) is 60.7 Å². The Balaban J connectivity index is 1.30. The van der Waals surface area contributed by atoms with Gasteiger partial charge in [-0.25, -0.2) is 9.97 Å². The van der Waals surface area contributed by atoms with Gasteiger partial charge in [0.2, 0.25) is 5.95 Å². The van der Waals surface area contributed by atoms with E-state index in [0.717, 1.165) is 37.7 Å². The number of aromatic nitrogens is 3. The summed E-state index contributed by atoms with van der Waals surface area (Å²) in [7, 11) is 3.87. The number of carbonyl (C=O) groups is 1. The Morgan fingerprint density at radius 2 is 1.72 bits per heavy atom. The second-order valence-electron chi connectivity index (χ2n) is 9.49. The Kier molecular flexibility index (Phi) is 6.31. The number of fused-ring (bicyclic) bond motifs is 1. The van der Waals surface area contributed by atoms with Gasteiger partial charge in [-0.1, -0.05) is 11.6 Å². The average Bonchev–Trinajstić information content (AvgIpc) is 2.86. The molecule has 0 bridgehead atoms. The van der Waals surface area contributed by atoms with Crippen LogP contribution in [-0.4, -0.2) is 71.6 Å². The molecule has 1 fully saturated rings. The fourth-order valence-corrected chi connectivity index (χ4v) is 4.38. The molecule has 4 heterocycles. The van der Waals surface area contributed by atoms with Gasteiger partial charge in [0.15, 0.2) is 11.4 Å². The van der Waals surface area contributed by atoms with Crippen molar-refractivity contribution in [2.45, 2.75) is 19.4 Å². The summed E-state index contributed by atoms with van der Waals surface area (Å²) < 4.78 is 5.88. The lowest BCUT2D eigenvalue weighted by molar-refractivity contribution is -0.132. The molecule has 2 aliphatic heterocycles. The van der Waals surface area contributed by atoms with Crippen LogP contribution in [0.4, 0.5) is 34.6 Å². The first-order chi connectivity index (χ1) is 17.2. The highest BCUT2D eigenvalue weighted by Gasteiger charge is 2.39. The summed E-state index contributed by atoms with van der Waals surface area (Å²) in [5.41, 5.74) is 1.24. The van der Waals surface area contributed by atoms with Gasteiger partial charge >= 0.3 is 0 Å². The van der Waals surface area contributed by atoms with Crippen molar-refractivity contribution >= 4 is 52.2 Å². The van der Waals surface area contributed by atoms with Crippen molar-refractivity contribution in [1.82, 2.24) is 19.9 Å². The van der Waals surface area contributed by atoms with Gasteiger partial charge in [-0.05, 0) is 51.2 Å². The Morgan fingerprint density at radius 3 is 2.44 bits per heavy atom. The Labute approximate surface area is 215 Å². The molecule has 11 heteroatoms. The van der Waals surface area contributed by atoms with Gasteiger partial charge < -0.3 is 30.1 Å². The minimum Gasteiger partial charge on any atom is -0.476 e. The molecule has 2 aromatic heterocycles. The van der Waals surface area contributed by atoms with Gasteiger partial charge in [0.25, 0.3) is 5.91 Å². The lowest BCUT2D eigenvalue weighted by Crippen LogP contribution is -2.50. The first kappa shape index (κ1) is 24.1. The molecule has 1 aromatic carbocycles. The first-order valence-corrected chi connectivity index (χ1v) is 12.1. The maximum Gasteiger partial charge on any atom is 0.270 e. The number of nitrogens with zero attached hydrogens (tertiary/aromatic N) is 6. The summed E-state index contributed by atoms with van der Waals surface area (Å²) in [5.74, 6) is 2.28. The molecule has 5 rings (SSSR count). The minimum absolute atomic E-state index is 0.119. The number of anilines is 6. The number of rotatable bonds is 5. The molecule has 1 amide bonds. The molecule has 0 unspecified atom stereocenters. The Morgan fingerprint density at radius 1 is 0.972 bits per heavy atom. The van der Waals surface area contributed by atoms with Crippen molar-refractivity contribution in [2.24, 2.45) is 0 Å². The number of nitrogens with one attached hydrogen (secondary N) is 2. The SMILES string of the molecule is CN1CCN(c2ccc(Nc3ncc(Cl)c(Nc4ccc5c(c4)N(C)C(=O)C(C)(C)O5)n3)cn2)CC1.